The van der Waals surface area contributed by atoms with Crippen molar-refractivity contribution >= 4 is 5.97 Å². The summed E-state index contributed by atoms with van der Waals surface area (Å²) in [5.74, 6) is -0.841. The van der Waals surface area contributed by atoms with E-state index in [1.165, 1.54) is 0 Å². The van der Waals surface area contributed by atoms with E-state index >= 15 is 0 Å². The summed E-state index contributed by atoms with van der Waals surface area (Å²) in [5.41, 5.74) is 0. The summed E-state index contributed by atoms with van der Waals surface area (Å²) in [5, 5.41) is 10.7. The molecule has 1 aromatic heterocycles. The zero-order valence-corrected chi connectivity index (χ0v) is 7.89. The second-order valence-electron chi connectivity index (χ2n) is 2.34. The number of nitrogens with zero attached hydrogens (tertiary/aromatic N) is 1. The third-order valence-corrected chi connectivity index (χ3v) is 1.13. The number of hydrogen-bond acceptors (Lipinski definition) is 3. The summed E-state index contributed by atoms with van der Waals surface area (Å²) in [6.45, 7) is 3.96. The van der Waals surface area contributed by atoms with Gasteiger partial charge in [0.1, 0.15) is 0 Å². The normalized spacial score (nSPS) is 8.29. The molecule has 0 amide bonds. The first kappa shape index (κ1) is 12.3. The summed E-state index contributed by atoms with van der Waals surface area (Å²) < 4.78 is 0. The summed E-state index contributed by atoms with van der Waals surface area (Å²) >= 11 is 0. The van der Waals surface area contributed by atoms with E-state index in [0.29, 0.717) is 6.54 Å². The summed E-state index contributed by atoms with van der Waals surface area (Å²) in [6, 6.07) is 5.72. The maximum atomic E-state index is 9.78. The summed E-state index contributed by atoms with van der Waals surface area (Å²) in [4.78, 5) is 13.6. The van der Waals surface area contributed by atoms with Gasteiger partial charge in [-0.3, -0.25) is 9.78 Å². The Hall–Kier alpha value is -1.68. The Morgan fingerprint density at radius 2 is 2.07 bits per heavy atom. The van der Waals surface area contributed by atoms with E-state index in [1.807, 2.05) is 18.2 Å². The zero-order valence-electron chi connectivity index (χ0n) is 7.89. The molecule has 0 bridgehead atoms. The molecule has 0 aromatic carbocycles. The van der Waals surface area contributed by atoms with Crippen molar-refractivity contribution in [1.29, 1.82) is 0 Å². The fourth-order valence-corrected chi connectivity index (χ4v) is 0.594. The molecule has 0 aliphatic heterocycles. The van der Waals surface area contributed by atoms with Crippen molar-refractivity contribution in [3.8, 4) is 0 Å². The number of aromatic nitrogens is 1. The predicted octanol–water partition coefficient (Wildman–Crippen LogP) is 0.928. The van der Waals surface area contributed by atoms with Crippen LogP contribution in [0.15, 0.2) is 43.2 Å². The van der Waals surface area contributed by atoms with Gasteiger partial charge in [0.05, 0.1) is 6.54 Å². The van der Waals surface area contributed by atoms with E-state index in [-0.39, 0.29) is 6.54 Å². The van der Waals surface area contributed by atoms with Gasteiger partial charge in [0.2, 0.25) is 0 Å². The molecule has 0 saturated heterocycles. The van der Waals surface area contributed by atoms with Crippen LogP contribution in [0.5, 0.6) is 0 Å². The molecule has 0 radical (unpaired) electrons. The highest BCUT2D eigenvalue weighted by Gasteiger charge is 1.89. The van der Waals surface area contributed by atoms with Crippen molar-refractivity contribution in [2.75, 3.05) is 13.1 Å². The second-order valence-corrected chi connectivity index (χ2v) is 2.34. The van der Waals surface area contributed by atoms with Crippen molar-refractivity contribution in [3.05, 3.63) is 43.2 Å². The fourth-order valence-electron chi connectivity index (χ4n) is 0.594. The Balaban J connectivity index is 0.000000249. The lowest BCUT2D eigenvalue weighted by atomic mass is 10.5. The molecule has 4 heteroatoms. The lowest BCUT2D eigenvalue weighted by molar-refractivity contribution is -0.135. The molecule has 4 nitrogen and oxygen atoms in total. The average molecular weight is 194 g/mol. The van der Waals surface area contributed by atoms with E-state index in [1.54, 1.807) is 18.5 Å². The summed E-state index contributed by atoms with van der Waals surface area (Å²) in [7, 11) is 0. The van der Waals surface area contributed by atoms with Crippen molar-refractivity contribution in [3.63, 3.8) is 0 Å². The molecule has 1 rings (SSSR count). The Morgan fingerprint density at radius 3 is 2.36 bits per heavy atom. The number of carboxylic acids is 1. The molecule has 0 fully saturated rings. The van der Waals surface area contributed by atoms with Crippen LogP contribution in [-0.2, 0) is 4.79 Å². The maximum absolute atomic E-state index is 9.78. The number of pyridine rings is 1. The van der Waals surface area contributed by atoms with Crippen LogP contribution in [0.1, 0.15) is 0 Å². The molecule has 0 aliphatic rings. The SMILES string of the molecule is C=CCNCC(=O)O.c1ccncc1. The molecule has 76 valence electrons. The Kier molecular flexibility index (Phi) is 8.28. The third kappa shape index (κ3) is 10.3. The molecule has 1 heterocycles. The Morgan fingerprint density at radius 1 is 1.43 bits per heavy atom. The molecule has 0 spiro atoms. The quantitative estimate of drug-likeness (QED) is 0.553. The molecular formula is C10H14N2O2. The zero-order chi connectivity index (χ0) is 10.6. The van der Waals surface area contributed by atoms with E-state index in [0.717, 1.165) is 0 Å². The molecular weight excluding hydrogens is 180 g/mol. The van der Waals surface area contributed by atoms with Gasteiger partial charge in [0.25, 0.3) is 0 Å². The lowest BCUT2D eigenvalue weighted by Crippen LogP contribution is -2.21. The van der Waals surface area contributed by atoms with E-state index in [2.05, 4.69) is 16.9 Å². The highest BCUT2D eigenvalue weighted by atomic mass is 16.4. The van der Waals surface area contributed by atoms with Crippen LogP contribution < -0.4 is 5.32 Å². The van der Waals surface area contributed by atoms with Gasteiger partial charge in [-0.25, -0.2) is 0 Å². The topological polar surface area (TPSA) is 62.2 Å². The second kappa shape index (κ2) is 9.41. The summed E-state index contributed by atoms with van der Waals surface area (Å²) in [6.07, 6.45) is 5.11. The predicted molar refractivity (Wildman–Crippen MR) is 54.9 cm³/mol. The van der Waals surface area contributed by atoms with Crippen molar-refractivity contribution in [2.45, 2.75) is 0 Å². The molecule has 0 unspecified atom stereocenters. The minimum atomic E-state index is -0.841. The Labute approximate surface area is 83.3 Å². The smallest absolute Gasteiger partial charge is 0.317 e. The van der Waals surface area contributed by atoms with Crippen LogP contribution >= 0.6 is 0 Å². The molecule has 0 saturated carbocycles. The number of aliphatic carboxylic acids is 1. The van der Waals surface area contributed by atoms with Crippen molar-refractivity contribution in [2.24, 2.45) is 0 Å². The van der Waals surface area contributed by atoms with Crippen LogP contribution in [0.2, 0.25) is 0 Å². The van der Waals surface area contributed by atoms with Gasteiger partial charge in [-0.05, 0) is 12.1 Å². The first-order chi connectivity index (χ1) is 6.77. The van der Waals surface area contributed by atoms with Gasteiger partial charge in [-0.15, -0.1) is 6.58 Å². The number of nitrogens with one attached hydrogen (secondary N) is 1. The molecule has 0 atom stereocenters. The third-order valence-electron chi connectivity index (χ3n) is 1.13. The number of rotatable bonds is 4. The molecule has 14 heavy (non-hydrogen) atoms. The van der Waals surface area contributed by atoms with Crippen LogP contribution in [-0.4, -0.2) is 29.1 Å². The lowest BCUT2D eigenvalue weighted by Gasteiger charge is -1.91. The van der Waals surface area contributed by atoms with Crippen LogP contribution in [0, 0.1) is 0 Å². The standard InChI is InChI=1S/C5H9NO2.C5H5N/c1-2-3-6-4-5(7)8;1-2-4-6-5-3-1/h2,6H,1,3-4H2,(H,7,8);1-5H. The Bertz CT molecular complexity index is 223. The van der Waals surface area contributed by atoms with Crippen molar-refractivity contribution in [1.82, 2.24) is 10.3 Å². The average Bonchev–Trinajstić information content (AvgIpc) is 2.21. The molecule has 0 aliphatic carbocycles. The van der Waals surface area contributed by atoms with E-state index in [4.69, 9.17) is 5.11 Å². The van der Waals surface area contributed by atoms with Crippen LogP contribution in [0.4, 0.5) is 0 Å². The van der Waals surface area contributed by atoms with Crippen LogP contribution in [0.25, 0.3) is 0 Å². The van der Waals surface area contributed by atoms with E-state index < -0.39 is 5.97 Å². The van der Waals surface area contributed by atoms with Crippen molar-refractivity contribution < 1.29 is 9.90 Å². The van der Waals surface area contributed by atoms with Gasteiger partial charge in [-0.2, -0.15) is 0 Å². The highest BCUT2D eigenvalue weighted by molar-refractivity contribution is 5.68. The minimum absolute atomic E-state index is 0.00597. The van der Waals surface area contributed by atoms with Gasteiger partial charge in [0.15, 0.2) is 0 Å². The number of carboxylic acid groups (broad SMARTS) is 1. The fraction of sp³-hybridized carbons (Fsp3) is 0.200. The van der Waals surface area contributed by atoms with Gasteiger partial charge in [0, 0.05) is 18.9 Å². The van der Waals surface area contributed by atoms with Gasteiger partial charge in [-0.1, -0.05) is 12.1 Å². The maximum Gasteiger partial charge on any atom is 0.317 e. The molecule has 1 aromatic rings. The number of hydrogen-bond donors (Lipinski definition) is 2. The van der Waals surface area contributed by atoms with E-state index in [9.17, 15) is 4.79 Å². The highest BCUT2D eigenvalue weighted by Crippen LogP contribution is 1.73. The van der Waals surface area contributed by atoms with Gasteiger partial charge >= 0.3 is 5.97 Å². The molecule has 2 N–H and O–H groups in total. The number of carbonyl (C=O) groups is 1. The first-order valence-electron chi connectivity index (χ1n) is 4.15. The van der Waals surface area contributed by atoms with Crippen LogP contribution in [0.3, 0.4) is 0 Å². The monoisotopic (exact) mass is 194 g/mol. The van der Waals surface area contributed by atoms with Gasteiger partial charge < -0.3 is 10.4 Å². The largest absolute Gasteiger partial charge is 0.480 e. The first-order valence-corrected chi connectivity index (χ1v) is 4.15. The minimum Gasteiger partial charge on any atom is -0.480 e.